The molecule has 0 unspecified atom stereocenters. The summed E-state index contributed by atoms with van der Waals surface area (Å²) >= 11 is 0. The number of nitrogens with zero attached hydrogens (tertiary/aromatic N) is 3. The number of aliphatic hydroxyl groups excluding tert-OH is 1. The second-order valence-electron chi connectivity index (χ2n) is 8.77. The van der Waals surface area contributed by atoms with Gasteiger partial charge in [0.2, 0.25) is 5.91 Å². The number of carbonyl (C=O) groups excluding carboxylic acids is 1. The number of para-hydroxylation sites is 3. The summed E-state index contributed by atoms with van der Waals surface area (Å²) in [7, 11) is 0. The van der Waals surface area contributed by atoms with Gasteiger partial charge in [-0.05, 0) is 48.4 Å². The van der Waals surface area contributed by atoms with Gasteiger partial charge in [-0.2, -0.15) is 0 Å². The van der Waals surface area contributed by atoms with E-state index in [1.165, 1.54) is 5.56 Å². The Kier molecular flexibility index (Phi) is 6.32. The van der Waals surface area contributed by atoms with Crippen molar-refractivity contribution < 1.29 is 14.6 Å². The number of ether oxygens (including phenoxy) is 1. The number of rotatable bonds is 8. The molecule has 0 bridgehead atoms. The maximum Gasteiger partial charge on any atom is 0.227 e. The molecule has 2 heterocycles. The number of fused-ring (bicyclic) bond motifs is 1. The molecule has 5 rings (SSSR count). The van der Waals surface area contributed by atoms with E-state index < -0.39 is 6.10 Å². The highest BCUT2D eigenvalue weighted by atomic mass is 16.5. The highest BCUT2D eigenvalue weighted by molar-refractivity contribution is 5.96. The van der Waals surface area contributed by atoms with Crippen molar-refractivity contribution in [1.29, 1.82) is 0 Å². The molecule has 34 heavy (non-hydrogen) atoms. The number of amides is 1. The first kappa shape index (κ1) is 22.2. The summed E-state index contributed by atoms with van der Waals surface area (Å²) < 4.78 is 7.89. The van der Waals surface area contributed by atoms with Crippen LogP contribution in [0.15, 0.2) is 78.9 Å². The van der Waals surface area contributed by atoms with Crippen LogP contribution in [-0.4, -0.2) is 39.8 Å². The zero-order valence-electron chi connectivity index (χ0n) is 19.3. The molecule has 0 aliphatic carbocycles. The Labute approximate surface area is 199 Å². The summed E-state index contributed by atoms with van der Waals surface area (Å²) in [5.41, 5.74) is 3.97. The van der Waals surface area contributed by atoms with Gasteiger partial charge in [0.25, 0.3) is 0 Å². The maximum atomic E-state index is 12.8. The lowest BCUT2D eigenvalue weighted by Gasteiger charge is -2.19. The monoisotopic (exact) mass is 455 g/mol. The first-order valence-electron chi connectivity index (χ1n) is 11.8. The summed E-state index contributed by atoms with van der Waals surface area (Å²) in [5.74, 6) is 1.62. The summed E-state index contributed by atoms with van der Waals surface area (Å²) in [5, 5.41) is 10.8. The number of hydrogen-bond donors (Lipinski definition) is 1. The topological polar surface area (TPSA) is 67.6 Å². The molecule has 0 radical (unpaired) electrons. The second kappa shape index (κ2) is 9.69. The summed E-state index contributed by atoms with van der Waals surface area (Å²) in [6, 6.07) is 25.6. The molecule has 1 aliphatic rings. The van der Waals surface area contributed by atoms with E-state index in [1.54, 1.807) is 0 Å². The Morgan fingerprint density at radius 1 is 1.03 bits per heavy atom. The van der Waals surface area contributed by atoms with E-state index in [-0.39, 0.29) is 18.4 Å². The third kappa shape index (κ3) is 4.54. The van der Waals surface area contributed by atoms with Crippen LogP contribution in [0.2, 0.25) is 0 Å². The highest BCUT2D eigenvalue weighted by Crippen LogP contribution is 2.33. The average molecular weight is 456 g/mol. The van der Waals surface area contributed by atoms with Crippen LogP contribution in [0.3, 0.4) is 0 Å². The molecule has 1 amide bonds. The SMILES string of the molecule is CCc1ccc(OC[C@@H](O)Cn2c([C@H]3CC(=O)N(c4ccccc4)C3)nc3ccccc32)cc1. The quantitative estimate of drug-likeness (QED) is 0.423. The molecular formula is C28H29N3O3. The van der Waals surface area contributed by atoms with E-state index in [4.69, 9.17) is 9.72 Å². The predicted molar refractivity (Wildman–Crippen MR) is 133 cm³/mol. The lowest BCUT2D eigenvalue weighted by molar-refractivity contribution is -0.117. The Bertz CT molecular complexity index is 1270. The fourth-order valence-electron chi connectivity index (χ4n) is 4.61. The highest BCUT2D eigenvalue weighted by Gasteiger charge is 2.35. The molecule has 1 aromatic heterocycles. The zero-order valence-corrected chi connectivity index (χ0v) is 19.3. The van der Waals surface area contributed by atoms with Gasteiger partial charge in [-0.1, -0.05) is 49.4 Å². The fraction of sp³-hybridized carbons (Fsp3) is 0.286. The number of hydrogen-bond acceptors (Lipinski definition) is 4. The number of aromatic nitrogens is 2. The van der Waals surface area contributed by atoms with Gasteiger partial charge in [0.1, 0.15) is 24.3 Å². The minimum Gasteiger partial charge on any atom is -0.491 e. The molecule has 6 nitrogen and oxygen atoms in total. The molecule has 3 aromatic carbocycles. The van der Waals surface area contributed by atoms with Crippen molar-refractivity contribution in [2.75, 3.05) is 18.1 Å². The van der Waals surface area contributed by atoms with E-state index in [0.29, 0.717) is 19.5 Å². The third-order valence-electron chi connectivity index (χ3n) is 6.41. The largest absolute Gasteiger partial charge is 0.491 e. The van der Waals surface area contributed by atoms with Gasteiger partial charge in [0.15, 0.2) is 0 Å². The smallest absolute Gasteiger partial charge is 0.227 e. The van der Waals surface area contributed by atoms with Crippen LogP contribution >= 0.6 is 0 Å². The van der Waals surface area contributed by atoms with Crippen molar-refractivity contribution in [2.45, 2.75) is 38.3 Å². The number of imidazole rings is 1. The summed E-state index contributed by atoms with van der Waals surface area (Å²) in [6.45, 7) is 3.21. The van der Waals surface area contributed by atoms with Gasteiger partial charge in [0, 0.05) is 24.6 Å². The Hall–Kier alpha value is -3.64. The van der Waals surface area contributed by atoms with Crippen molar-refractivity contribution in [3.63, 3.8) is 0 Å². The van der Waals surface area contributed by atoms with Gasteiger partial charge < -0.3 is 19.3 Å². The van der Waals surface area contributed by atoms with Crippen molar-refractivity contribution in [1.82, 2.24) is 9.55 Å². The molecule has 1 N–H and O–H groups in total. The standard InChI is InChI=1S/C28H29N3O3/c1-2-20-12-14-24(15-13-20)34-19-23(32)18-31-26-11-7-6-10-25(26)29-28(31)21-16-27(33)30(17-21)22-8-4-3-5-9-22/h3-15,21,23,32H,2,16-19H2,1H3/t21-,23-/m0/s1. The minimum atomic E-state index is -0.718. The van der Waals surface area contributed by atoms with Gasteiger partial charge in [-0.25, -0.2) is 4.98 Å². The van der Waals surface area contributed by atoms with Crippen molar-refractivity contribution in [3.05, 3.63) is 90.3 Å². The van der Waals surface area contributed by atoms with Gasteiger partial charge >= 0.3 is 0 Å². The molecule has 4 aromatic rings. The number of benzene rings is 3. The van der Waals surface area contributed by atoms with Gasteiger partial charge in [0.05, 0.1) is 17.6 Å². The van der Waals surface area contributed by atoms with Crippen molar-refractivity contribution in [2.24, 2.45) is 0 Å². The molecule has 0 spiro atoms. The maximum absolute atomic E-state index is 12.8. The predicted octanol–water partition coefficient (Wildman–Crippen LogP) is 4.56. The van der Waals surface area contributed by atoms with E-state index in [9.17, 15) is 9.90 Å². The molecule has 1 fully saturated rings. The molecule has 1 saturated heterocycles. The number of aliphatic hydroxyl groups is 1. The Balaban J connectivity index is 1.35. The van der Waals surface area contributed by atoms with Gasteiger partial charge in [-0.15, -0.1) is 0 Å². The summed E-state index contributed by atoms with van der Waals surface area (Å²) in [6.07, 6.45) is 0.656. The third-order valence-corrected chi connectivity index (χ3v) is 6.41. The first-order chi connectivity index (χ1) is 16.6. The van der Waals surface area contributed by atoms with Crippen LogP contribution in [0.25, 0.3) is 11.0 Å². The van der Waals surface area contributed by atoms with Crippen molar-refractivity contribution in [3.8, 4) is 5.75 Å². The fourth-order valence-corrected chi connectivity index (χ4v) is 4.61. The molecule has 2 atom stereocenters. The second-order valence-corrected chi connectivity index (χ2v) is 8.77. The van der Waals surface area contributed by atoms with Crippen LogP contribution in [0.4, 0.5) is 5.69 Å². The van der Waals surface area contributed by atoms with Crippen LogP contribution in [0, 0.1) is 0 Å². The molecule has 0 saturated carbocycles. The van der Waals surface area contributed by atoms with Crippen LogP contribution in [-0.2, 0) is 17.8 Å². The lowest BCUT2D eigenvalue weighted by Crippen LogP contribution is -2.26. The zero-order chi connectivity index (χ0) is 23.5. The normalized spacial score (nSPS) is 16.8. The van der Waals surface area contributed by atoms with E-state index in [2.05, 4.69) is 11.5 Å². The minimum absolute atomic E-state index is 0.0465. The average Bonchev–Trinajstić information content (AvgIpc) is 3.44. The van der Waals surface area contributed by atoms with Crippen LogP contribution < -0.4 is 9.64 Å². The molecule has 174 valence electrons. The Morgan fingerprint density at radius 3 is 2.53 bits per heavy atom. The molecular weight excluding hydrogens is 426 g/mol. The van der Waals surface area contributed by atoms with Crippen molar-refractivity contribution >= 4 is 22.6 Å². The van der Waals surface area contributed by atoms with Crippen LogP contribution in [0.5, 0.6) is 5.75 Å². The van der Waals surface area contributed by atoms with Gasteiger partial charge in [-0.3, -0.25) is 4.79 Å². The lowest BCUT2D eigenvalue weighted by atomic mass is 10.1. The number of carbonyl (C=O) groups is 1. The number of anilines is 1. The van der Waals surface area contributed by atoms with E-state index in [0.717, 1.165) is 34.7 Å². The van der Waals surface area contributed by atoms with Crippen LogP contribution in [0.1, 0.15) is 30.7 Å². The molecule has 1 aliphatic heterocycles. The van der Waals surface area contributed by atoms with E-state index >= 15 is 0 Å². The Morgan fingerprint density at radius 2 is 1.76 bits per heavy atom. The summed E-state index contributed by atoms with van der Waals surface area (Å²) in [4.78, 5) is 19.5. The first-order valence-corrected chi connectivity index (χ1v) is 11.8. The van der Waals surface area contributed by atoms with E-state index in [1.807, 2.05) is 83.8 Å². The number of aryl methyl sites for hydroxylation is 1. The molecule has 6 heteroatoms.